The Kier molecular flexibility index (Phi) is 4.49. The van der Waals surface area contributed by atoms with Crippen molar-refractivity contribution in [1.82, 2.24) is 14.3 Å². The van der Waals surface area contributed by atoms with Gasteiger partial charge in [0.05, 0.1) is 18.0 Å². The predicted octanol–water partition coefficient (Wildman–Crippen LogP) is 3.11. The molecular weight excluding hydrogens is 320 g/mol. The number of imidazole rings is 1. The van der Waals surface area contributed by atoms with Gasteiger partial charge < -0.3 is 24.1 Å². The highest BCUT2D eigenvalue weighted by molar-refractivity contribution is 5.69. The molecule has 0 aliphatic carbocycles. The zero-order chi connectivity index (χ0) is 18.2. The lowest BCUT2D eigenvalue weighted by Gasteiger charge is -2.38. The summed E-state index contributed by atoms with van der Waals surface area (Å²) < 4.78 is 13.0. The SMILES string of the molecule is CCOc1cc2nc(C3CN(C(=O)OC(C)(C)C)C3)cn2cc1NC. The molecule has 0 aromatic carbocycles. The summed E-state index contributed by atoms with van der Waals surface area (Å²) in [5, 5.41) is 3.14. The molecule has 0 unspecified atom stereocenters. The molecule has 1 aliphatic heterocycles. The average Bonchev–Trinajstić information content (AvgIpc) is 2.85. The van der Waals surface area contributed by atoms with Crippen molar-refractivity contribution in [2.24, 2.45) is 0 Å². The summed E-state index contributed by atoms with van der Waals surface area (Å²) in [7, 11) is 1.87. The Morgan fingerprint density at radius 3 is 2.68 bits per heavy atom. The minimum Gasteiger partial charge on any atom is -0.492 e. The van der Waals surface area contributed by atoms with Gasteiger partial charge in [-0.15, -0.1) is 0 Å². The quantitative estimate of drug-likeness (QED) is 0.921. The first-order chi connectivity index (χ1) is 11.8. The summed E-state index contributed by atoms with van der Waals surface area (Å²) in [6.07, 6.45) is 3.73. The van der Waals surface area contributed by atoms with Crippen molar-refractivity contribution < 1.29 is 14.3 Å². The number of amides is 1. The van der Waals surface area contributed by atoms with Crippen molar-refractivity contribution >= 4 is 17.4 Å². The number of carbonyl (C=O) groups excluding carboxylic acids is 1. The molecule has 3 rings (SSSR count). The van der Waals surface area contributed by atoms with Crippen LogP contribution in [0.3, 0.4) is 0 Å². The predicted molar refractivity (Wildman–Crippen MR) is 96.5 cm³/mol. The smallest absolute Gasteiger partial charge is 0.410 e. The molecule has 2 aromatic heterocycles. The van der Waals surface area contributed by atoms with Gasteiger partial charge in [0.1, 0.15) is 17.0 Å². The molecule has 7 nitrogen and oxygen atoms in total. The fourth-order valence-corrected chi connectivity index (χ4v) is 2.84. The minimum atomic E-state index is -0.468. The number of pyridine rings is 1. The summed E-state index contributed by atoms with van der Waals surface area (Å²) >= 11 is 0. The maximum absolute atomic E-state index is 12.0. The fourth-order valence-electron chi connectivity index (χ4n) is 2.84. The molecular formula is C18H26N4O3. The van der Waals surface area contributed by atoms with Gasteiger partial charge in [0.25, 0.3) is 0 Å². The number of hydrogen-bond acceptors (Lipinski definition) is 5. The molecule has 1 fully saturated rings. The van der Waals surface area contributed by atoms with Gasteiger partial charge >= 0.3 is 6.09 Å². The van der Waals surface area contributed by atoms with Crippen molar-refractivity contribution in [2.45, 2.75) is 39.2 Å². The topological polar surface area (TPSA) is 68.1 Å². The molecule has 3 heterocycles. The number of nitrogens with zero attached hydrogens (tertiary/aromatic N) is 3. The van der Waals surface area contributed by atoms with E-state index in [9.17, 15) is 4.79 Å². The van der Waals surface area contributed by atoms with Crippen LogP contribution in [0.1, 0.15) is 39.3 Å². The van der Waals surface area contributed by atoms with Crippen LogP contribution >= 0.6 is 0 Å². The molecule has 7 heteroatoms. The van der Waals surface area contributed by atoms with E-state index < -0.39 is 5.60 Å². The minimum absolute atomic E-state index is 0.237. The molecule has 1 amide bonds. The van der Waals surface area contributed by atoms with Crippen LogP contribution in [0.5, 0.6) is 5.75 Å². The largest absolute Gasteiger partial charge is 0.492 e. The molecule has 0 bridgehead atoms. The second kappa shape index (κ2) is 6.46. The normalized spacial score (nSPS) is 15.2. The van der Waals surface area contributed by atoms with Crippen molar-refractivity contribution in [1.29, 1.82) is 0 Å². The number of ether oxygens (including phenoxy) is 2. The number of fused-ring (bicyclic) bond motifs is 1. The highest BCUT2D eigenvalue weighted by Gasteiger charge is 2.35. The number of carbonyl (C=O) groups is 1. The first-order valence-electron chi connectivity index (χ1n) is 8.62. The second-order valence-corrected chi connectivity index (χ2v) is 7.25. The number of hydrogen-bond donors (Lipinski definition) is 1. The highest BCUT2D eigenvalue weighted by atomic mass is 16.6. The van der Waals surface area contributed by atoms with E-state index in [1.54, 1.807) is 4.90 Å². The maximum atomic E-state index is 12.0. The van der Waals surface area contributed by atoms with Crippen LogP contribution in [0.15, 0.2) is 18.5 Å². The van der Waals surface area contributed by atoms with Crippen LogP contribution in [0, 0.1) is 0 Å². The lowest BCUT2D eigenvalue weighted by atomic mass is 9.98. The van der Waals surface area contributed by atoms with Gasteiger partial charge in [0.15, 0.2) is 0 Å². The summed E-state index contributed by atoms with van der Waals surface area (Å²) in [4.78, 5) is 18.5. The Balaban J connectivity index is 1.72. The van der Waals surface area contributed by atoms with E-state index in [1.807, 2.05) is 57.6 Å². The third-order valence-corrected chi connectivity index (χ3v) is 4.09. The van der Waals surface area contributed by atoms with E-state index in [-0.39, 0.29) is 12.0 Å². The summed E-state index contributed by atoms with van der Waals surface area (Å²) in [5.41, 5.74) is 2.27. The Bertz CT molecular complexity index is 772. The van der Waals surface area contributed by atoms with Gasteiger partial charge in [0.2, 0.25) is 0 Å². The molecule has 0 radical (unpaired) electrons. The Morgan fingerprint density at radius 1 is 1.36 bits per heavy atom. The Morgan fingerprint density at radius 2 is 2.08 bits per heavy atom. The molecule has 1 N–H and O–H groups in total. The molecule has 1 saturated heterocycles. The highest BCUT2D eigenvalue weighted by Crippen LogP contribution is 2.31. The van der Waals surface area contributed by atoms with Crippen molar-refractivity contribution in [3.63, 3.8) is 0 Å². The number of anilines is 1. The third kappa shape index (κ3) is 3.65. The van der Waals surface area contributed by atoms with Crippen LogP contribution in [0.25, 0.3) is 5.65 Å². The summed E-state index contributed by atoms with van der Waals surface area (Å²) in [6.45, 7) is 9.46. The van der Waals surface area contributed by atoms with Crippen LogP contribution in [0.4, 0.5) is 10.5 Å². The van der Waals surface area contributed by atoms with Crippen LogP contribution in [-0.2, 0) is 4.74 Å². The van der Waals surface area contributed by atoms with Crippen molar-refractivity contribution in [2.75, 3.05) is 32.1 Å². The monoisotopic (exact) mass is 346 g/mol. The number of rotatable bonds is 4. The Labute approximate surface area is 147 Å². The molecule has 0 saturated carbocycles. The molecule has 0 atom stereocenters. The molecule has 0 spiro atoms. The second-order valence-electron chi connectivity index (χ2n) is 7.25. The number of aromatic nitrogens is 2. The molecule has 2 aromatic rings. The van der Waals surface area contributed by atoms with Crippen LogP contribution in [0.2, 0.25) is 0 Å². The van der Waals surface area contributed by atoms with Crippen molar-refractivity contribution in [3.05, 3.63) is 24.2 Å². The Hall–Kier alpha value is -2.44. The van der Waals surface area contributed by atoms with E-state index in [0.717, 1.165) is 22.8 Å². The molecule has 25 heavy (non-hydrogen) atoms. The van der Waals surface area contributed by atoms with Gasteiger partial charge in [0, 0.05) is 44.5 Å². The summed E-state index contributed by atoms with van der Waals surface area (Å²) in [5.74, 6) is 1.03. The van der Waals surface area contributed by atoms with Crippen molar-refractivity contribution in [3.8, 4) is 5.75 Å². The first-order valence-corrected chi connectivity index (χ1v) is 8.62. The van der Waals surface area contributed by atoms with Gasteiger partial charge in [-0.25, -0.2) is 9.78 Å². The fraction of sp³-hybridized carbons (Fsp3) is 0.556. The van der Waals surface area contributed by atoms with E-state index in [2.05, 4.69) is 5.32 Å². The lowest BCUT2D eigenvalue weighted by molar-refractivity contribution is 0.00791. The average molecular weight is 346 g/mol. The zero-order valence-corrected chi connectivity index (χ0v) is 15.5. The number of likely N-dealkylation sites (tertiary alicyclic amines) is 1. The van der Waals surface area contributed by atoms with Crippen LogP contribution < -0.4 is 10.1 Å². The number of nitrogens with one attached hydrogen (secondary N) is 1. The van der Waals surface area contributed by atoms with Gasteiger partial charge in [-0.3, -0.25) is 0 Å². The maximum Gasteiger partial charge on any atom is 0.410 e. The molecule has 136 valence electrons. The van der Waals surface area contributed by atoms with Gasteiger partial charge in [-0.05, 0) is 27.7 Å². The van der Waals surface area contributed by atoms with Crippen LogP contribution in [-0.4, -0.2) is 52.7 Å². The lowest BCUT2D eigenvalue weighted by Crippen LogP contribution is -2.50. The van der Waals surface area contributed by atoms with E-state index in [1.165, 1.54) is 0 Å². The standard InChI is InChI=1S/C18H26N4O3/c1-6-24-15-7-16-20-13(10-21(16)11-14(15)19-5)12-8-22(9-12)17(23)25-18(2,3)4/h7,10-12,19H,6,8-9H2,1-5H3. The molecule has 1 aliphatic rings. The van der Waals surface area contributed by atoms with Gasteiger partial charge in [-0.2, -0.15) is 0 Å². The van der Waals surface area contributed by atoms with Gasteiger partial charge in [-0.1, -0.05) is 0 Å². The third-order valence-electron chi connectivity index (χ3n) is 4.09. The zero-order valence-electron chi connectivity index (χ0n) is 15.5. The van der Waals surface area contributed by atoms with E-state index in [0.29, 0.717) is 19.7 Å². The van der Waals surface area contributed by atoms with E-state index >= 15 is 0 Å². The summed E-state index contributed by atoms with van der Waals surface area (Å²) in [6, 6.07) is 1.93. The van der Waals surface area contributed by atoms with E-state index in [4.69, 9.17) is 14.5 Å². The first kappa shape index (κ1) is 17.4.